The maximum Gasteiger partial charge on any atom is 0.339 e. The van der Waals surface area contributed by atoms with E-state index >= 15 is 0 Å². The molecule has 0 saturated carbocycles. The number of hydrogen-bond donors (Lipinski definition) is 2. The van der Waals surface area contributed by atoms with Crippen LogP contribution >= 0.6 is 0 Å². The second-order valence-electron chi connectivity index (χ2n) is 7.42. The maximum atomic E-state index is 11.7. The van der Waals surface area contributed by atoms with Crippen LogP contribution in [0.5, 0.6) is 5.75 Å². The number of aromatic hydroxyl groups is 1. The Morgan fingerprint density at radius 3 is 1.71 bits per heavy atom. The lowest BCUT2D eigenvalue weighted by atomic mass is 9.66. The molecular formula is C25H26O3. The lowest BCUT2D eigenvalue weighted by Gasteiger charge is -2.36. The molecule has 3 nitrogen and oxygen atoms in total. The van der Waals surface area contributed by atoms with Gasteiger partial charge in [-0.25, -0.2) is 4.79 Å². The molecule has 3 aromatic carbocycles. The van der Waals surface area contributed by atoms with E-state index in [1.54, 1.807) is 6.07 Å². The molecule has 28 heavy (non-hydrogen) atoms. The lowest BCUT2D eigenvalue weighted by molar-refractivity contribution is 0.0693. The number of phenols is 1. The maximum absolute atomic E-state index is 11.7. The average Bonchev–Trinajstić information content (AvgIpc) is 2.68. The van der Waals surface area contributed by atoms with E-state index in [4.69, 9.17) is 0 Å². The van der Waals surface area contributed by atoms with Crippen LogP contribution in [-0.4, -0.2) is 16.2 Å². The van der Waals surface area contributed by atoms with E-state index in [-0.39, 0.29) is 11.3 Å². The molecule has 0 fully saturated rings. The Balaban J connectivity index is 2.35. The van der Waals surface area contributed by atoms with Crippen molar-refractivity contribution in [1.29, 1.82) is 0 Å². The molecule has 0 aliphatic carbocycles. The minimum atomic E-state index is -1.13. The van der Waals surface area contributed by atoms with Crippen LogP contribution in [-0.2, 0) is 5.41 Å². The zero-order valence-corrected chi connectivity index (χ0v) is 16.6. The zero-order valence-electron chi connectivity index (χ0n) is 16.6. The van der Waals surface area contributed by atoms with Crippen molar-refractivity contribution in [2.75, 3.05) is 0 Å². The molecule has 3 heteroatoms. The third-order valence-electron chi connectivity index (χ3n) is 5.43. The van der Waals surface area contributed by atoms with Crippen molar-refractivity contribution in [3.63, 3.8) is 0 Å². The van der Waals surface area contributed by atoms with E-state index in [1.807, 2.05) is 6.07 Å². The molecule has 0 amide bonds. The molecule has 0 bridgehead atoms. The van der Waals surface area contributed by atoms with E-state index in [0.29, 0.717) is 0 Å². The molecule has 0 aromatic heterocycles. The SMILES string of the molecule is CCCC(c1ccc(C)cc1)(c1ccc(C)cc1)c1ccc(O)c(C(=O)O)c1. The Bertz CT molecular complexity index is 924. The van der Waals surface area contributed by atoms with Gasteiger partial charge in [0, 0.05) is 5.41 Å². The summed E-state index contributed by atoms with van der Waals surface area (Å²) in [7, 11) is 0. The fourth-order valence-corrected chi connectivity index (χ4v) is 3.96. The van der Waals surface area contributed by atoms with Crippen molar-refractivity contribution in [2.45, 2.75) is 39.0 Å². The van der Waals surface area contributed by atoms with Crippen LogP contribution in [0.15, 0.2) is 66.7 Å². The number of carbonyl (C=O) groups is 1. The van der Waals surface area contributed by atoms with Gasteiger partial charge in [0.2, 0.25) is 0 Å². The number of hydrogen-bond acceptors (Lipinski definition) is 2. The average molecular weight is 374 g/mol. The summed E-state index contributed by atoms with van der Waals surface area (Å²) in [4.78, 5) is 11.7. The molecule has 0 spiro atoms. The first-order chi connectivity index (χ1) is 13.4. The predicted octanol–water partition coefficient (Wildman–Crippen LogP) is 5.84. The summed E-state index contributed by atoms with van der Waals surface area (Å²) in [5, 5.41) is 19.6. The fourth-order valence-electron chi connectivity index (χ4n) is 3.96. The van der Waals surface area contributed by atoms with Crippen molar-refractivity contribution in [3.8, 4) is 5.75 Å². The fraction of sp³-hybridized carbons (Fsp3) is 0.240. The summed E-state index contributed by atoms with van der Waals surface area (Å²) in [6.45, 7) is 6.25. The quantitative estimate of drug-likeness (QED) is 0.533. The minimum absolute atomic E-state index is 0.0720. The van der Waals surface area contributed by atoms with Crippen LogP contribution in [0.25, 0.3) is 0 Å². The summed E-state index contributed by atoms with van der Waals surface area (Å²) in [6, 6.07) is 21.8. The van der Waals surface area contributed by atoms with Crippen LogP contribution in [0.4, 0.5) is 0 Å². The Morgan fingerprint density at radius 2 is 1.29 bits per heavy atom. The zero-order chi connectivity index (χ0) is 20.3. The third-order valence-corrected chi connectivity index (χ3v) is 5.43. The van der Waals surface area contributed by atoms with Crippen LogP contribution < -0.4 is 0 Å². The second kappa shape index (κ2) is 7.89. The van der Waals surface area contributed by atoms with E-state index < -0.39 is 11.4 Å². The van der Waals surface area contributed by atoms with E-state index in [1.165, 1.54) is 17.2 Å². The summed E-state index contributed by atoms with van der Waals surface area (Å²) >= 11 is 0. The normalized spacial score (nSPS) is 11.4. The van der Waals surface area contributed by atoms with Crippen molar-refractivity contribution >= 4 is 5.97 Å². The van der Waals surface area contributed by atoms with Gasteiger partial charge in [0.1, 0.15) is 11.3 Å². The van der Waals surface area contributed by atoms with Crippen LogP contribution in [0.1, 0.15) is 57.9 Å². The van der Waals surface area contributed by atoms with Gasteiger partial charge in [0.15, 0.2) is 0 Å². The van der Waals surface area contributed by atoms with Crippen molar-refractivity contribution in [2.24, 2.45) is 0 Å². The molecule has 0 radical (unpaired) electrons. The molecule has 2 N–H and O–H groups in total. The van der Waals surface area contributed by atoms with Gasteiger partial charge in [-0.05, 0) is 49.1 Å². The van der Waals surface area contributed by atoms with E-state index in [0.717, 1.165) is 29.5 Å². The third kappa shape index (κ3) is 3.53. The van der Waals surface area contributed by atoms with E-state index in [2.05, 4.69) is 69.3 Å². The molecule has 0 unspecified atom stereocenters. The van der Waals surface area contributed by atoms with Crippen molar-refractivity contribution in [3.05, 3.63) is 100 Å². The molecule has 0 saturated heterocycles. The first-order valence-corrected chi connectivity index (χ1v) is 9.59. The van der Waals surface area contributed by atoms with Gasteiger partial charge in [-0.1, -0.05) is 79.1 Å². The smallest absolute Gasteiger partial charge is 0.339 e. The molecule has 3 aromatic rings. The molecule has 0 aliphatic heterocycles. The summed E-state index contributed by atoms with van der Waals surface area (Å²) in [6.07, 6.45) is 1.74. The number of aromatic carboxylic acids is 1. The first-order valence-electron chi connectivity index (χ1n) is 9.59. The second-order valence-corrected chi connectivity index (χ2v) is 7.42. The van der Waals surface area contributed by atoms with Gasteiger partial charge in [-0.3, -0.25) is 0 Å². The van der Waals surface area contributed by atoms with Crippen molar-refractivity contribution in [1.82, 2.24) is 0 Å². The number of benzene rings is 3. The van der Waals surface area contributed by atoms with Gasteiger partial charge >= 0.3 is 5.97 Å². The number of carboxylic acid groups (broad SMARTS) is 1. The first kappa shape index (κ1) is 19.7. The largest absolute Gasteiger partial charge is 0.507 e. The Hall–Kier alpha value is -3.07. The lowest BCUT2D eigenvalue weighted by Crippen LogP contribution is -2.29. The molecule has 0 heterocycles. The predicted molar refractivity (Wildman–Crippen MR) is 112 cm³/mol. The van der Waals surface area contributed by atoms with Crippen LogP contribution in [0.2, 0.25) is 0 Å². The van der Waals surface area contributed by atoms with Crippen LogP contribution in [0, 0.1) is 13.8 Å². The molecule has 0 aliphatic rings. The summed E-state index contributed by atoms with van der Waals surface area (Å²) in [5.41, 5.74) is 4.89. The van der Waals surface area contributed by atoms with Gasteiger partial charge in [0.05, 0.1) is 0 Å². The standard InChI is InChI=1S/C25H26O3/c1-4-15-25(19-9-5-17(2)6-10-19,20-11-7-18(3)8-12-20)21-13-14-23(26)22(16-21)24(27)28/h5-14,16,26H,4,15H2,1-3H3,(H,27,28). The van der Waals surface area contributed by atoms with E-state index in [9.17, 15) is 15.0 Å². The Labute approximate surface area is 166 Å². The van der Waals surface area contributed by atoms with Gasteiger partial charge in [-0.15, -0.1) is 0 Å². The minimum Gasteiger partial charge on any atom is -0.507 e. The highest BCUT2D eigenvalue weighted by Gasteiger charge is 2.36. The van der Waals surface area contributed by atoms with Crippen LogP contribution in [0.3, 0.4) is 0 Å². The highest BCUT2D eigenvalue weighted by Crippen LogP contribution is 2.44. The van der Waals surface area contributed by atoms with Gasteiger partial charge in [0.25, 0.3) is 0 Å². The number of carboxylic acids is 1. The number of aryl methyl sites for hydroxylation is 2. The van der Waals surface area contributed by atoms with Gasteiger partial charge in [-0.2, -0.15) is 0 Å². The topological polar surface area (TPSA) is 57.5 Å². The molecule has 3 rings (SSSR count). The van der Waals surface area contributed by atoms with Gasteiger partial charge < -0.3 is 10.2 Å². The van der Waals surface area contributed by atoms with Crippen molar-refractivity contribution < 1.29 is 15.0 Å². The molecule has 144 valence electrons. The number of rotatable bonds is 6. The molecule has 0 atom stereocenters. The summed E-state index contributed by atoms with van der Waals surface area (Å²) < 4.78 is 0. The Morgan fingerprint density at radius 1 is 0.821 bits per heavy atom. The molecular weight excluding hydrogens is 348 g/mol. The highest BCUT2D eigenvalue weighted by molar-refractivity contribution is 5.91. The Kier molecular flexibility index (Phi) is 5.55. The highest BCUT2D eigenvalue weighted by atomic mass is 16.4. The summed E-state index contributed by atoms with van der Waals surface area (Å²) in [5.74, 6) is -1.34. The monoisotopic (exact) mass is 374 g/mol.